The Labute approximate surface area is 151 Å². The van der Waals surface area contributed by atoms with Crippen LogP contribution < -0.4 is 10.6 Å². The minimum absolute atomic E-state index is 0.0644. The SMILES string of the molecule is C[C@@H]1CN(c2ccc(N)cc2C(F)(F)F)C[C@H](C)N1C(=O)OC(C)(C)C. The van der Waals surface area contributed by atoms with E-state index in [0.29, 0.717) is 0 Å². The fourth-order valence-corrected chi connectivity index (χ4v) is 3.25. The molecule has 2 atom stereocenters. The number of benzene rings is 1. The molecule has 1 saturated heterocycles. The molecule has 1 aliphatic heterocycles. The van der Waals surface area contributed by atoms with Crippen LogP contribution in [0.25, 0.3) is 0 Å². The second kappa shape index (κ2) is 6.89. The molecular weight excluding hydrogens is 347 g/mol. The van der Waals surface area contributed by atoms with Gasteiger partial charge in [0.15, 0.2) is 0 Å². The van der Waals surface area contributed by atoms with Gasteiger partial charge in [0.05, 0.1) is 17.6 Å². The fraction of sp³-hybridized carbons (Fsp3) is 0.611. The third-order valence-corrected chi connectivity index (χ3v) is 4.19. The molecule has 2 N–H and O–H groups in total. The van der Waals surface area contributed by atoms with Gasteiger partial charge in [-0.05, 0) is 52.8 Å². The predicted molar refractivity (Wildman–Crippen MR) is 95.1 cm³/mol. The van der Waals surface area contributed by atoms with Crippen LogP contribution in [0.4, 0.5) is 29.3 Å². The van der Waals surface area contributed by atoms with Crippen LogP contribution in [0.2, 0.25) is 0 Å². The lowest BCUT2D eigenvalue weighted by molar-refractivity contribution is -0.137. The highest BCUT2D eigenvalue weighted by molar-refractivity contribution is 5.70. The Morgan fingerprint density at radius 2 is 1.69 bits per heavy atom. The second-order valence-electron chi connectivity index (χ2n) is 7.76. The minimum atomic E-state index is -4.50. The number of carbonyl (C=O) groups excluding carboxylic acids is 1. The third kappa shape index (κ3) is 4.53. The maximum Gasteiger partial charge on any atom is 0.418 e. The van der Waals surface area contributed by atoms with Crippen molar-refractivity contribution >= 4 is 17.5 Å². The number of nitrogens with zero attached hydrogens (tertiary/aromatic N) is 2. The third-order valence-electron chi connectivity index (χ3n) is 4.19. The Bertz CT molecular complexity index is 659. The van der Waals surface area contributed by atoms with E-state index in [-0.39, 0.29) is 36.5 Å². The number of hydrogen-bond acceptors (Lipinski definition) is 4. The first-order valence-electron chi connectivity index (χ1n) is 8.52. The maximum absolute atomic E-state index is 13.4. The van der Waals surface area contributed by atoms with E-state index in [1.165, 1.54) is 12.1 Å². The van der Waals surface area contributed by atoms with Crippen LogP contribution in [-0.4, -0.2) is 41.8 Å². The van der Waals surface area contributed by atoms with Gasteiger partial charge >= 0.3 is 12.3 Å². The Kier molecular flexibility index (Phi) is 5.35. The van der Waals surface area contributed by atoms with Gasteiger partial charge in [0.25, 0.3) is 0 Å². The Morgan fingerprint density at radius 1 is 1.15 bits per heavy atom. The standard InChI is InChI=1S/C18H26F3N3O2/c1-11-9-23(10-12(2)24(11)16(25)26-17(3,4)5)15-7-6-13(22)8-14(15)18(19,20)21/h6-8,11-12H,9-10,22H2,1-5H3/t11-,12+. The summed E-state index contributed by atoms with van der Waals surface area (Å²) in [5, 5.41) is 0. The summed E-state index contributed by atoms with van der Waals surface area (Å²) in [5.41, 5.74) is 4.29. The van der Waals surface area contributed by atoms with Crippen molar-refractivity contribution in [3.8, 4) is 0 Å². The van der Waals surface area contributed by atoms with Crippen molar-refractivity contribution in [2.45, 2.75) is 58.5 Å². The number of hydrogen-bond donors (Lipinski definition) is 1. The van der Waals surface area contributed by atoms with E-state index in [9.17, 15) is 18.0 Å². The molecular formula is C18H26F3N3O2. The van der Waals surface area contributed by atoms with Crippen LogP contribution >= 0.6 is 0 Å². The van der Waals surface area contributed by atoms with Gasteiger partial charge in [-0.25, -0.2) is 4.79 Å². The van der Waals surface area contributed by atoms with Gasteiger partial charge in [0.2, 0.25) is 0 Å². The van der Waals surface area contributed by atoms with Crippen molar-refractivity contribution in [1.29, 1.82) is 0 Å². The van der Waals surface area contributed by atoms with Gasteiger partial charge in [-0.2, -0.15) is 13.2 Å². The number of halogens is 3. The Balaban J connectivity index is 2.26. The molecule has 0 unspecified atom stereocenters. The molecule has 146 valence electrons. The average Bonchev–Trinajstić information content (AvgIpc) is 2.43. The highest BCUT2D eigenvalue weighted by Gasteiger charge is 2.39. The lowest BCUT2D eigenvalue weighted by Gasteiger charge is -2.45. The van der Waals surface area contributed by atoms with E-state index in [2.05, 4.69) is 0 Å². The van der Waals surface area contributed by atoms with Crippen LogP contribution in [0, 0.1) is 0 Å². The smallest absolute Gasteiger partial charge is 0.418 e. The molecule has 0 spiro atoms. The molecule has 0 aliphatic carbocycles. The van der Waals surface area contributed by atoms with Crippen LogP contribution in [-0.2, 0) is 10.9 Å². The molecule has 1 heterocycles. The molecule has 2 rings (SSSR count). The predicted octanol–water partition coefficient (Wildman–Crippen LogP) is 4.12. The van der Waals surface area contributed by atoms with E-state index in [4.69, 9.17) is 10.5 Å². The number of piperazine rings is 1. The molecule has 1 aliphatic rings. The van der Waals surface area contributed by atoms with Crippen molar-refractivity contribution < 1.29 is 22.7 Å². The van der Waals surface area contributed by atoms with E-state index >= 15 is 0 Å². The number of nitrogen functional groups attached to an aromatic ring is 1. The van der Waals surface area contributed by atoms with E-state index in [1.54, 1.807) is 44.4 Å². The van der Waals surface area contributed by atoms with Crippen molar-refractivity contribution in [3.05, 3.63) is 23.8 Å². The highest BCUT2D eigenvalue weighted by atomic mass is 19.4. The molecule has 8 heteroatoms. The maximum atomic E-state index is 13.4. The number of nitrogens with two attached hydrogens (primary N) is 1. The van der Waals surface area contributed by atoms with Gasteiger partial charge in [-0.1, -0.05) is 0 Å². The van der Waals surface area contributed by atoms with Crippen molar-refractivity contribution in [1.82, 2.24) is 4.90 Å². The largest absolute Gasteiger partial charge is 0.444 e. The topological polar surface area (TPSA) is 58.8 Å². The number of rotatable bonds is 1. The first kappa shape index (κ1) is 20.2. The molecule has 0 bridgehead atoms. The summed E-state index contributed by atoms with van der Waals surface area (Å²) in [5.74, 6) is 0. The van der Waals surface area contributed by atoms with Crippen LogP contribution in [0.3, 0.4) is 0 Å². The highest BCUT2D eigenvalue weighted by Crippen LogP contribution is 2.39. The van der Waals surface area contributed by atoms with Crippen molar-refractivity contribution in [2.75, 3.05) is 23.7 Å². The average molecular weight is 373 g/mol. The van der Waals surface area contributed by atoms with Crippen molar-refractivity contribution in [2.24, 2.45) is 0 Å². The summed E-state index contributed by atoms with van der Waals surface area (Å²) in [6.07, 6.45) is -4.95. The normalized spacial score (nSPS) is 21.7. The zero-order chi connectivity index (χ0) is 19.9. The van der Waals surface area contributed by atoms with E-state index in [0.717, 1.165) is 6.07 Å². The number of anilines is 2. The van der Waals surface area contributed by atoms with Gasteiger partial charge in [-0.3, -0.25) is 4.90 Å². The summed E-state index contributed by atoms with van der Waals surface area (Å²) in [6.45, 7) is 9.49. The van der Waals surface area contributed by atoms with Gasteiger partial charge in [0.1, 0.15) is 5.60 Å². The summed E-state index contributed by atoms with van der Waals surface area (Å²) >= 11 is 0. The number of ether oxygens (including phenoxy) is 1. The van der Waals surface area contributed by atoms with Gasteiger partial charge < -0.3 is 15.4 Å². The molecule has 0 radical (unpaired) electrons. The molecule has 1 aromatic rings. The number of amides is 1. The lowest BCUT2D eigenvalue weighted by Crippen LogP contribution is -2.59. The van der Waals surface area contributed by atoms with Gasteiger partial charge in [0, 0.05) is 24.5 Å². The first-order valence-corrected chi connectivity index (χ1v) is 8.52. The lowest BCUT2D eigenvalue weighted by atomic mass is 10.0. The summed E-state index contributed by atoms with van der Waals surface area (Å²) in [7, 11) is 0. The fourth-order valence-electron chi connectivity index (χ4n) is 3.25. The zero-order valence-corrected chi connectivity index (χ0v) is 15.7. The summed E-state index contributed by atoms with van der Waals surface area (Å²) in [6, 6.07) is 3.20. The second-order valence-corrected chi connectivity index (χ2v) is 7.76. The Hall–Kier alpha value is -2.12. The van der Waals surface area contributed by atoms with Crippen molar-refractivity contribution in [3.63, 3.8) is 0 Å². The molecule has 1 fully saturated rings. The molecule has 5 nitrogen and oxygen atoms in total. The molecule has 0 saturated carbocycles. The van der Waals surface area contributed by atoms with Gasteiger partial charge in [-0.15, -0.1) is 0 Å². The monoisotopic (exact) mass is 373 g/mol. The molecule has 0 aromatic heterocycles. The zero-order valence-electron chi connectivity index (χ0n) is 15.7. The number of carbonyl (C=O) groups is 1. The Morgan fingerprint density at radius 3 is 2.15 bits per heavy atom. The van der Waals surface area contributed by atoms with Crippen LogP contribution in [0.1, 0.15) is 40.2 Å². The van der Waals surface area contributed by atoms with E-state index in [1.807, 2.05) is 0 Å². The summed E-state index contributed by atoms with van der Waals surface area (Å²) < 4.78 is 45.6. The minimum Gasteiger partial charge on any atom is -0.444 e. The van der Waals surface area contributed by atoms with Crippen LogP contribution in [0.15, 0.2) is 18.2 Å². The van der Waals surface area contributed by atoms with E-state index < -0.39 is 23.4 Å². The molecule has 1 amide bonds. The van der Waals surface area contributed by atoms with Crippen LogP contribution in [0.5, 0.6) is 0 Å². The molecule has 1 aromatic carbocycles. The quantitative estimate of drug-likeness (QED) is 0.753. The summed E-state index contributed by atoms with van der Waals surface area (Å²) in [4.78, 5) is 15.7. The number of alkyl halides is 3. The first-order chi connectivity index (χ1) is 11.8. The molecule has 26 heavy (non-hydrogen) atoms.